The van der Waals surface area contributed by atoms with Crippen LogP contribution < -0.4 is 5.32 Å². The van der Waals surface area contributed by atoms with Crippen LogP contribution in [0.3, 0.4) is 0 Å². The van der Waals surface area contributed by atoms with E-state index in [2.05, 4.69) is 5.32 Å². The van der Waals surface area contributed by atoms with Crippen molar-refractivity contribution in [3.05, 3.63) is 0 Å². The summed E-state index contributed by atoms with van der Waals surface area (Å²) in [4.78, 5) is 12.9. The second-order valence-electron chi connectivity index (χ2n) is 5.21. The molecule has 0 aromatic rings. The highest BCUT2D eigenvalue weighted by atomic mass is 19.4. The number of halogens is 3. The minimum absolute atomic E-state index is 0.0256. The Balaban J connectivity index is 2.58. The predicted molar refractivity (Wildman–Crippen MR) is 61.5 cm³/mol. The Kier molecular flexibility index (Phi) is 5.17. The molecule has 1 atom stereocenters. The molecule has 1 aliphatic rings. The Morgan fingerprint density at radius 3 is 2.63 bits per heavy atom. The van der Waals surface area contributed by atoms with Gasteiger partial charge >= 0.3 is 6.18 Å². The summed E-state index contributed by atoms with van der Waals surface area (Å²) in [6.07, 6.45) is -4.36. The van der Waals surface area contributed by atoms with Gasteiger partial charge in [0.05, 0.1) is 25.4 Å². The van der Waals surface area contributed by atoms with E-state index in [-0.39, 0.29) is 26.3 Å². The van der Waals surface area contributed by atoms with E-state index in [1.54, 1.807) is 0 Å². The van der Waals surface area contributed by atoms with Crippen LogP contribution in [0.5, 0.6) is 0 Å². The lowest BCUT2D eigenvalue weighted by Crippen LogP contribution is -2.57. The molecule has 1 heterocycles. The molecule has 0 aliphatic carbocycles. The fourth-order valence-electron chi connectivity index (χ4n) is 1.72. The number of carbonyl (C=O) groups excluding carboxylic acids is 1. The molecule has 0 saturated carbocycles. The minimum atomic E-state index is -4.36. The van der Waals surface area contributed by atoms with Gasteiger partial charge in [0.1, 0.15) is 6.04 Å². The van der Waals surface area contributed by atoms with E-state index >= 15 is 0 Å². The van der Waals surface area contributed by atoms with Crippen molar-refractivity contribution in [2.45, 2.75) is 31.7 Å². The Morgan fingerprint density at radius 1 is 1.47 bits per heavy atom. The van der Waals surface area contributed by atoms with Gasteiger partial charge in [-0.15, -0.1) is 0 Å². The van der Waals surface area contributed by atoms with Crippen LogP contribution in [0, 0.1) is 0 Å². The van der Waals surface area contributed by atoms with Crippen molar-refractivity contribution in [3.8, 4) is 0 Å². The number of alkyl halides is 3. The van der Waals surface area contributed by atoms with Crippen molar-refractivity contribution < 1.29 is 27.8 Å². The first-order valence-corrected chi connectivity index (χ1v) is 5.97. The summed E-state index contributed by atoms with van der Waals surface area (Å²) >= 11 is 0. The third-order valence-electron chi connectivity index (χ3n) is 2.62. The Labute approximate surface area is 109 Å². The zero-order chi connectivity index (χ0) is 14.7. The summed E-state index contributed by atoms with van der Waals surface area (Å²) in [5, 5.41) is 11.9. The second kappa shape index (κ2) is 6.06. The summed E-state index contributed by atoms with van der Waals surface area (Å²) in [5.41, 5.74) is -1.11. The van der Waals surface area contributed by atoms with Gasteiger partial charge in [-0.1, -0.05) is 0 Å². The van der Waals surface area contributed by atoms with Gasteiger partial charge in [-0.25, -0.2) is 0 Å². The number of carbonyl (C=O) groups is 1. The van der Waals surface area contributed by atoms with E-state index in [1.165, 1.54) is 13.8 Å². The molecular weight excluding hydrogens is 265 g/mol. The maximum absolute atomic E-state index is 12.4. The topological polar surface area (TPSA) is 61.8 Å². The number of nitrogens with one attached hydrogen (secondary N) is 1. The molecule has 0 aromatic heterocycles. The molecule has 1 aliphatic heterocycles. The van der Waals surface area contributed by atoms with Crippen molar-refractivity contribution in [3.63, 3.8) is 0 Å². The van der Waals surface area contributed by atoms with E-state index in [0.29, 0.717) is 0 Å². The van der Waals surface area contributed by atoms with Crippen molar-refractivity contribution in [1.82, 2.24) is 10.2 Å². The highest BCUT2D eigenvalue weighted by molar-refractivity contribution is 5.82. The predicted octanol–water partition coefficient (Wildman–Crippen LogP) is 0.137. The van der Waals surface area contributed by atoms with Crippen molar-refractivity contribution >= 4 is 5.91 Å². The average molecular weight is 284 g/mol. The molecular formula is C11H19F3N2O3. The molecule has 1 rings (SSSR count). The smallest absolute Gasteiger partial charge is 0.389 e. The van der Waals surface area contributed by atoms with Crippen molar-refractivity contribution in [2.75, 3.05) is 32.8 Å². The van der Waals surface area contributed by atoms with E-state index in [9.17, 15) is 23.1 Å². The lowest BCUT2D eigenvalue weighted by molar-refractivity contribution is -0.167. The normalized spacial score (nSPS) is 22.3. The molecule has 0 radical (unpaired) electrons. The zero-order valence-electron chi connectivity index (χ0n) is 11.0. The quantitative estimate of drug-likeness (QED) is 0.771. The molecule has 2 N–H and O–H groups in total. The summed E-state index contributed by atoms with van der Waals surface area (Å²) in [5.74, 6) is -0.564. The van der Waals surface area contributed by atoms with Crippen molar-refractivity contribution in [1.29, 1.82) is 0 Å². The molecule has 1 amide bonds. The Bertz CT molecular complexity index is 315. The molecule has 0 aromatic carbocycles. The first-order chi connectivity index (χ1) is 8.58. The summed E-state index contributed by atoms with van der Waals surface area (Å²) < 4.78 is 42.2. The Hall–Kier alpha value is -0.860. The SMILES string of the molecule is CC(C)(O)CNC(=O)[C@@H]1COCCN1CC(F)(F)F. The van der Waals surface area contributed by atoms with E-state index in [1.807, 2.05) is 0 Å². The number of ether oxygens (including phenoxy) is 1. The maximum Gasteiger partial charge on any atom is 0.401 e. The highest BCUT2D eigenvalue weighted by Crippen LogP contribution is 2.19. The van der Waals surface area contributed by atoms with Gasteiger partial charge in [-0.05, 0) is 13.8 Å². The maximum atomic E-state index is 12.4. The van der Waals surface area contributed by atoms with Crippen LogP contribution in [0.2, 0.25) is 0 Å². The fraction of sp³-hybridized carbons (Fsp3) is 0.909. The summed E-state index contributed by atoms with van der Waals surface area (Å²) in [7, 11) is 0. The van der Waals surface area contributed by atoms with Crippen LogP contribution in [0.25, 0.3) is 0 Å². The molecule has 0 unspecified atom stereocenters. The summed E-state index contributed by atoms with van der Waals surface area (Å²) in [6, 6.07) is -0.974. The number of hydrogen-bond donors (Lipinski definition) is 2. The van der Waals surface area contributed by atoms with Gasteiger partial charge in [-0.3, -0.25) is 9.69 Å². The second-order valence-corrected chi connectivity index (χ2v) is 5.21. The molecule has 5 nitrogen and oxygen atoms in total. The van der Waals surface area contributed by atoms with Gasteiger partial charge in [0.25, 0.3) is 0 Å². The number of aliphatic hydroxyl groups is 1. The van der Waals surface area contributed by atoms with Gasteiger partial charge < -0.3 is 15.2 Å². The lowest BCUT2D eigenvalue weighted by Gasteiger charge is -2.35. The number of rotatable bonds is 4. The van der Waals surface area contributed by atoms with E-state index in [4.69, 9.17) is 4.74 Å². The molecule has 1 fully saturated rings. The first-order valence-electron chi connectivity index (χ1n) is 5.97. The minimum Gasteiger partial charge on any atom is -0.389 e. The van der Waals surface area contributed by atoms with Crippen LogP contribution in [-0.4, -0.2) is 66.6 Å². The van der Waals surface area contributed by atoms with Gasteiger partial charge in [0.15, 0.2) is 0 Å². The third kappa shape index (κ3) is 6.22. The molecule has 8 heteroatoms. The van der Waals surface area contributed by atoms with E-state index < -0.39 is 30.3 Å². The number of hydrogen-bond acceptors (Lipinski definition) is 4. The van der Waals surface area contributed by atoms with Crippen LogP contribution >= 0.6 is 0 Å². The number of amides is 1. The lowest BCUT2D eigenvalue weighted by atomic mass is 10.1. The van der Waals surface area contributed by atoms with Crippen molar-refractivity contribution in [2.24, 2.45) is 0 Å². The molecule has 1 saturated heterocycles. The van der Waals surface area contributed by atoms with Crippen LogP contribution in [-0.2, 0) is 9.53 Å². The van der Waals surface area contributed by atoms with E-state index in [0.717, 1.165) is 4.90 Å². The summed E-state index contributed by atoms with van der Waals surface area (Å²) in [6.45, 7) is 1.98. The standard InChI is InChI=1S/C11H19F3N2O3/c1-10(2,18)6-15-9(17)8-5-19-4-3-16(8)7-11(12,13)14/h8,18H,3-7H2,1-2H3,(H,15,17)/t8-/m0/s1. The largest absolute Gasteiger partial charge is 0.401 e. The molecule has 19 heavy (non-hydrogen) atoms. The van der Waals surface area contributed by atoms with Gasteiger partial charge in [0.2, 0.25) is 5.91 Å². The molecule has 112 valence electrons. The van der Waals surface area contributed by atoms with Crippen LogP contribution in [0.15, 0.2) is 0 Å². The highest BCUT2D eigenvalue weighted by Gasteiger charge is 2.38. The Morgan fingerprint density at radius 2 is 2.11 bits per heavy atom. The molecule has 0 spiro atoms. The average Bonchev–Trinajstić information content (AvgIpc) is 2.23. The molecule has 0 bridgehead atoms. The fourth-order valence-corrected chi connectivity index (χ4v) is 1.72. The zero-order valence-corrected chi connectivity index (χ0v) is 11.0. The van der Waals surface area contributed by atoms with Crippen LogP contribution in [0.4, 0.5) is 13.2 Å². The first kappa shape index (κ1) is 16.2. The van der Waals surface area contributed by atoms with Crippen LogP contribution in [0.1, 0.15) is 13.8 Å². The van der Waals surface area contributed by atoms with Gasteiger partial charge in [-0.2, -0.15) is 13.2 Å². The number of nitrogens with zero attached hydrogens (tertiary/aromatic N) is 1. The number of morpholine rings is 1. The van der Waals surface area contributed by atoms with Gasteiger partial charge in [0, 0.05) is 13.1 Å². The third-order valence-corrected chi connectivity index (χ3v) is 2.62. The monoisotopic (exact) mass is 284 g/mol.